The van der Waals surface area contributed by atoms with Crippen LogP contribution in [0.1, 0.15) is 10.6 Å². The van der Waals surface area contributed by atoms with Crippen LogP contribution in [0.4, 0.5) is 4.79 Å². The number of carbonyl (C=O) groups excluding carboxylic acids is 1. The average Bonchev–Trinajstić information content (AvgIpc) is 3.34. The molecule has 3 heterocycles. The van der Waals surface area contributed by atoms with E-state index in [0.29, 0.717) is 18.9 Å². The van der Waals surface area contributed by atoms with Crippen LogP contribution in [0.15, 0.2) is 61.1 Å². The number of nitrogens with one attached hydrogen (secondary N) is 2. The fraction of sp³-hybridized carbons (Fsp3) is 0.111. The number of aromatic nitrogens is 4. The third kappa shape index (κ3) is 3.70. The molecule has 0 aliphatic carbocycles. The zero-order valence-corrected chi connectivity index (χ0v) is 14.6. The highest BCUT2D eigenvalue weighted by atomic mass is 32.1. The van der Waals surface area contributed by atoms with E-state index in [-0.39, 0.29) is 6.03 Å². The van der Waals surface area contributed by atoms with Gasteiger partial charge in [-0.15, -0.1) is 11.3 Å². The molecule has 0 saturated heterocycles. The van der Waals surface area contributed by atoms with Crippen LogP contribution in [0.3, 0.4) is 0 Å². The fourth-order valence-corrected chi connectivity index (χ4v) is 3.40. The second kappa shape index (κ2) is 7.32. The molecule has 26 heavy (non-hydrogen) atoms. The third-order valence-electron chi connectivity index (χ3n) is 3.74. The Balaban J connectivity index is 1.32. The molecule has 1 aromatic carbocycles. The summed E-state index contributed by atoms with van der Waals surface area (Å²) in [5, 5.41) is 10.7. The molecule has 0 fully saturated rings. The first-order chi connectivity index (χ1) is 12.8. The Hall–Kier alpha value is -3.26. The van der Waals surface area contributed by atoms with Gasteiger partial charge in [0.1, 0.15) is 5.01 Å². The molecule has 0 unspecified atom stereocenters. The van der Waals surface area contributed by atoms with E-state index in [2.05, 4.69) is 25.7 Å². The van der Waals surface area contributed by atoms with Crippen molar-refractivity contribution in [3.63, 3.8) is 0 Å². The van der Waals surface area contributed by atoms with Crippen LogP contribution in [0.2, 0.25) is 0 Å². The van der Waals surface area contributed by atoms with Gasteiger partial charge in [0.05, 0.1) is 16.8 Å². The Labute approximate surface area is 153 Å². The van der Waals surface area contributed by atoms with Gasteiger partial charge >= 0.3 is 6.03 Å². The van der Waals surface area contributed by atoms with Gasteiger partial charge < -0.3 is 10.6 Å². The van der Waals surface area contributed by atoms with Gasteiger partial charge in [-0.05, 0) is 35.9 Å². The Morgan fingerprint density at radius 1 is 1.08 bits per heavy atom. The second-order valence-electron chi connectivity index (χ2n) is 5.58. The molecular weight excluding hydrogens is 348 g/mol. The fourth-order valence-electron chi connectivity index (χ4n) is 2.50. The van der Waals surface area contributed by atoms with Crippen LogP contribution >= 0.6 is 11.3 Å². The number of hydrogen-bond acceptors (Lipinski definition) is 5. The average molecular weight is 364 g/mol. The van der Waals surface area contributed by atoms with E-state index in [0.717, 1.165) is 20.8 Å². The van der Waals surface area contributed by atoms with E-state index >= 15 is 0 Å². The molecule has 130 valence electrons. The number of nitrogens with zero attached hydrogens (tertiary/aromatic N) is 4. The largest absolute Gasteiger partial charge is 0.334 e. The quantitative estimate of drug-likeness (QED) is 0.570. The Morgan fingerprint density at radius 3 is 2.81 bits per heavy atom. The van der Waals surface area contributed by atoms with Gasteiger partial charge in [-0.2, -0.15) is 5.10 Å². The molecule has 7 nitrogen and oxygen atoms in total. The number of benzene rings is 1. The maximum Gasteiger partial charge on any atom is 0.315 e. The summed E-state index contributed by atoms with van der Waals surface area (Å²) in [6.07, 6.45) is 5.22. The lowest BCUT2D eigenvalue weighted by Gasteiger charge is -2.07. The lowest BCUT2D eigenvalue weighted by atomic mass is 10.2. The topological polar surface area (TPSA) is 84.7 Å². The number of urea groups is 1. The molecule has 0 aliphatic rings. The van der Waals surface area contributed by atoms with E-state index in [9.17, 15) is 4.79 Å². The standard InChI is InChI=1S/C18H16N6OS/c25-18(21-12-17-23-14-4-1-2-5-15(14)26-17)20-11-13-6-8-19-16(10-13)24-9-3-7-22-24/h1-10H,11-12H2,(H2,20,21,25). The number of rotatable bonds is 5. The van der Waals surface area contributed by atoms with Crippen molar-refractivity contribution in [2.24, 2.45) is 0 Å². The van der Waals surface area contributed by atoms with Crippen molar-refractivity contribution >= 4 is 27.6 Å². The van der Waals surface area contributed by atoms with Crippen LogP contribution in [0, 0.1) is 0 Å². The Kier molecular flexibility index (Phi) is 4.57. The number of pyridine rings is 1. The number of carbonyl (C=O) groups is 1. The molecular formula is C18H16N6OS. The van der Waals surface area contributed by atoms with Gasteiger partial charge in [-0.25, -0.2) is 19.4 Å². The smallest absolute Gasteiger partial charge is 0.315 e. The Morgan fingerprint density at radius 2 is 1.96 bits per heavy atom. The molecule has 4 rings (SSSR count). The van der Waals surface area contributed by atoms with Crippen molar-refractivity contribution in [1.29, 1.82) is 0 Å². The van der Waals surface area contributed by atoms with Gasteiger partial charge in [-0.1, -0.05) is 12.1 Å². The first-order valence-electron chi connectivity index (χ1n) is 8.09. The molecule has 2 N–H and O–H groups in total. The zero-order valence-electron chi connectivity index (χ0n) is 13.8. The first-order valence-corrected chi connectivity index (χ1v) is 8.91. The SMILES string of the molecule is O=C(NCc1ccnc(-n2cccn2)c1)NCc1nc2ccccc2s1. The highest BCUT2D eigenvalue weighted by Gasteiger charge is 2.06. The first kappa shape index (κ1) is 16.2. The molecule has 4 aromatic rings. The summed E-state index contributed by atoms with van der Waals surface area (Å²) < 4.78 is 2.80. The summed E-state index contributed by atoms with van der Waals surface area (Å²) in [6.45, 7) is 0.808. The molecule has 0 bridgehead atoms. The van der Waals surface area contributed by atoms with Crippen molar-refractivity contribution in [3.8, 4) is 5.82 Å². The van der Waals surface area contributed by atoms with Gasteiger partial charge in [0.2, 0.25) is 0 Å². The summed E-state index contributed by atoms with van der Waals surface area (Å²) >= 11 is 1.58. The molecule has 0 atom stereocenters. The summed E-state index contributed by atoms with van der Waals surface area (Å²) in [7, 11) is 0. The number of fused-ring (bicyclic) bond motifs is 1. The van der Waals surface area contributed by atoms with E-state index in [1.807, 2.05) is 48.7 Å². The molecule has 0 radical (unpaired) electrons. The highest BCUT2D eigenvalue weighted by molar-refractivity contribution is 7.18. The van der Waals surface area contributed by atoms with Crippen molar-refractivity contribution in [2.75, 3.05) is 0 Å². The second-order valence-corrected chi connectivity index (χ2v) is 6.70. The van der Waals surface area contributed by atoms with Gasteiger partial charge in [-0.3, -0.25) is 0 Å². The predicted octanol–water partition coefficient (Wildman–Crippen LogP) is 2.88. The molecule has 3 aromatic heterocycles. The lowest BCUT2D eigenvalue weighted by molar-refractivity contribution is 0.240. The molecule has 8 heteroatoms. The Bertz CT molecular complexity index is 994. The summed E-state index contributed by atoms with van der Waals surface area (Å²) in [5.74, 6) is 0.712. The number of amides is 2. The van der Waals surface area contributed by atoms with Crippen LogP contribution in [0.25, 0.3) is 16.0 Å². The number of hydrogen-bond donors (Lipinski definition) is 2. The van der Waals surface area contributed by atoms with E-state index in [1.165, 1.54) is 0 Å². The molecule has 0 spiro atoms. The molecule has 0 aliphatic heterocycles. The maximum absolute atomic E-state index is 12.0. The lowest BCUT2D eigenvalue weighted by Crippen LogP contribution is -2.34. The van der Waals surface area contributed by atoms with Crippen LogP contribution in [-0.2, 0) is 13.1 Å². The van der Waals surface area contributed by atoms with Gasteiger partial charge in [0.25, 0.3) is 0 Å². The monoisotopic (exact) mass is 364 g/mol. The maximum atomic E-state index is 12.0. The van der Waals surface area contributed by atoms with Gasteiger partial charge in [0, 0.05) is 25.1 Å². The van der Waals surface area contributed by atoms with E-state index in [1.54, 1.807) is 28.4 Å². The molecule has 2 amide bonds. The highest BCUT2D eigenvalue weighted by Crippen LogP contribution is 2.21. The predicted molar refractivity (Wildman–Crippen MR) is 100 cm³/mol. The van der Waals surface area contributed by atoms with E-state index < -0.39 is 0 Å². The van der Waals surface area contributed by atoms with Gasteiger partial charge in [0.15, 0.2) is 5.82 Å². The molecule has 0 saturated carbocycles. The number of para-hydroxylation sites is 1. The van der Waals surface area contributed by atoms with Crippen LogP contribution in [-0.4, -0.2) is 25.8 Å². The normalized spacial score (nSPS) is 10.8. The number of thiazole rings is 1. The minimum Gasteiger partial charge on any atom is -0.334 e. The van der Waals surface area contributed by atoms with E-state index in [4.69, 9.17) is 0 Å². The van der Waals surface area contributed by atoms with Crippen LogP contribution < -0.4 is 10.6 Å². The van der Waals surface area contributed by atoms with Crippen molar-refractivity contribution in [2.45, 2.75) is 13.1 Å². The minimum atomic E-state index is -0.235. The summed E-state index contributed by atoms with van der Waals surface area (Å²) in [4.78, 5) is 20.8. The van der Waals surface area contributed by atoms with Crippen molar-refractivity contribution in [1.82, 2.24) is 30.4 Å². The minimum absolute atomic E-state index is 0.235. The van der Waals surface area contributed by atoms with Crippen molar-refractivity contribution in [3.05, 3.63) is 71.6 Å². The summed E-state index contributed by atoms with van der Waals surface area (Å²) in [5.41, 5.74) is 1.90. The summed E-state index contributed by atoms with van der Waals surface area (Å²) in [6, 6.07) is 13.3. The van der Waals surface area contributed by atoms with Crippen molar-refractivity contribution < 1.29 is 4.79 Å². The zero-order chi connectivity index (χ0) is 17.8. The third-order valence-corrected chi connectivity index (χ3v) is 4.78. The van der Waals surface area contributed by atoms with Crippen LogP contribution in [0.5, 0.6) is 0 Å².